The average molecular weight is 508 g/mol. The van der Waals surface area contributed by atoms with Gasteiger partial charge in [-0.25, -0.2) is 8.78 Å². The lowest BCUT2D eigenvalue weighted by atomic mass is 9.95. The molecule has 3 aromatic rings. The smallest absolute Gasteiger partial charge is 0.252 e. The summed E-state index contributed by atoms with van der Waals surface area (Å²) < 4.78 is 27.3. The number of nitriles is 1. The molecular formula is C27H27F2N5O3. The zero-order valence-corrected chi connectivity index (χ0v) is 20.0. The second-order valence-electron chi connectivity index (χ2n) is 9.53. The summed E-state index contributed by atoms with van der Waals surface area (Å²) in [4.78, 5) is 18.2. The van der Waals surface area contributed by atoms with Gasteiger partial charge in [-0.05, 0) is 59.9 Å². The summed E-state index contributed by atoms with van der Waals surface area (Å²) in [7, 11) is 0. The summed E-state index contributed by atoms with van der Waals surface area (Å²) in [6, 6.07) is 14.0. The normalized spacial score (nSPS) is 21.5. The fourth-order valence-corrected chi connectivity index (χ4v) is 4.99. The Bertz CT molecular complexity index is 1380. The molecule has 3 atom stereocenters. The molecule has 0 bridgehead atoms. The molecule has 1 amide bonds. The van der Waals surface area contributed by atoms with E-state index in [1.807, 2.05) is 30.3 Å². The van der Waals surface area contributed by atoms with Crippen molar-refractivity contribution in [3.8, 4) is 17.2 Å². The molecule has 0 aliphatic carbocycles. The number of aliphatic hydroxyl groups excluding tert-OH is 2. The summed E-state index contributed by atoms with van der Waals surface area (Å²) >= 11 is 0. The molecule has 5 rings (SSSR count). The van der Waals surface area contributed by atoms with Crippen LogP contribution in [0.1, 0.15) is 36.6 Å². The number of amides is 1. The van der Waals surface area contributed by atoms with Crippen molar-refractivity contribution in [2.45, 2.75) is 50.1 Å². The van der Waals surface area contributed by atoms with Gasteiger partial charge in [-0.2, -0.15) is 5.26 Å². The molecule has 0 saturated carbocycles. The molecule has 2 unspecified atom stereocenters. The molecule has 10 heteroatoms. The Morgan fingerprint density at radius 2 is 2.05 bits per heavy atom. The molecule has 0 spiro atoms. The number of piperidine rings is 1. The van der Waals surface area contributed by atoms with Crippen LogP contribution in [0.4, 0.5) is 14.5 Å². The number of carbonyl (C=O) groups is 1. The van der Waals surface area contributed by atoms with Gasteiger partial charge in [-0.1, -0.05) is 12.1 Å². The maximum Gasteiger partial charge on any atom is 0.252 e. The molecule has 2 aliphatic heterocycles. The van der Waals surface area contributed by atoms with Crippen LogP contribution in [-0.2, 0) is 11.2 Å². The van der Waals surface area contributed by atoms with Gasteiger partial charge in [0.1, 0.15) is 18.5 Å². The molecule has 2 aliphatic rings. The molecular weight excluding hydrogens is 480 g/mol. The van der Waals surface area contributed by atoms with Gasteiger partial charge in [0.15, 0.2) is 0 Å². The number of anilines is 1. The van der Waals surface area contributed by atoms with E-state index in [0.29, 0.717) is 22.9 Å². The number of hydrogen-bond donors (Lipinski definition) is 4. The van der Waals surface area contributed by atoms with Crippen molar-refractivity contribution in [3.63, 3.8) is 0 Å². The van der Waals surface area contributed by atoms with E-state index in [-0.39, 0.29) is 13.1 Å². The van der Waals surface area contributed by atoms with Crippen LogP contribution in [0.2, 0.25) is 0 Å². The van der Waals surface area contributed by atoms with Gasteiger partial charge in [-0.3, -0.25) is 15.1 Å². The summed E-state index contributed by atoms with van der Waals surface area (Å²) in [6.07, 6.45) is 0.0220. The maximum absolute atomic E-state index is 13.7. The summed E-state index contributed by atoms with van der Waals surface area (Å²) in [5.74, 6) is -3.49. The van der Waals surface area contributed by atoms with E-state index < -0.39 is 43.2 Å². The van der Waals surface area contributed by atoms with Gasteiger partial charge in [0.05, 0.1) is 18.1 Å². The van der Waals surface area contributed by atoms with Crippen LogP contribution >= 0.6 is 0 Å². The minimum absolute atomic E-state index is 0.210. The number of aliphatic hydroxyl groups is 2. The lowest BCUT2D eigenvalue weighted by molar-refractivity contribution is -0.140. The highest BCUT2D eigenvalue weighted by molar-refractivity contribution is 5.88. The average Bonchev–Trinajstić information content (AvgIpc) is 2.90. The second-order valence-corrected chi connectivity index (χ2v) is 9.53. The number of hydrogen-bond acceptors (Lipinski definition) is 7. The van der Waals surface area contributed by atoms with E-state index in [0.717, 1.165) is 33.7 Å². The molecule has 8 nitrogen and oxygen atoms in total. The first-order valence-corrected chi connectivity index (χ1v) is 12.2. The number of fused-ring (bicyclic) bond motifs is 2. The molecule has 4 N–H and O–H groups in total. The zero-order chi connectivity index (χ0) is 26.2. The van der Waals surface area contributed by atoms with Gasteiger partial charge in [-0.15, -0.1) is 0 Å². The van der Waals surface area contributed by atoms with Crippen molar-refractivity contribution in [1.82, 2.24) is 15.2 Å². The number of rotatable bonds is 5. The lowest BCUT2D eigenvalue weighted by Crippen LogP contribution is -2.51. The molecule has 1 aromatic heterocycles. The molecule has 3 heterocycles. The number of pyridine rings is 1. The Morgan fingerprint density at radius 3 is 2.86 bits per heavy atom. The van der Waals surface area contributed by atoms with Crippen molar-refractivity contribution in [2.75, 3.05) is 18.4 Å². The van der Waals surface area contributed by atoms with E-state index in [1.54, 1.807) is 18.3 Å². The molecule has 1 saturated heterocycles. The first-order valence-electron chi connectivity index (χ1n) is 12.2. The Labute approximate surface area is 212 Å². The first-order chi connectivity index (χ1) is 17.7. The minimum Gasteiger partial charge on any atom is -0.374 e. The minimum atomic E-state index is -2.96. The summed E-state index contributed by atoms with van der Waals surface area (Å²) in [5.41, 5.74) is 5.11. The molecule has 1 fully saturated rings. The maximum atomic E-state index is 13.7. The van der Waals surface area contributed by atoms with E-state index in [9.17, 15) is 29.1 Å². The Kier molecular flexibility index (Phi) is 6.77. The number of alkyl halides is 2. The molecule has 2 aromatic carbocycles. The molecule has 0 radical (unpaired) electrons. The summed E-state index contributed by atoms with van der Waals surface area (Å²) in [5, 5.41) is 36.5. The highest BCUT2D eigenvalue weighted by Crippen LogP contribution is 2.33. The van der Waals surface area contributed by atoms with Crippen molar-refractivity contribution >= 4 is 22.5 Å². The fraction of sp³-hybridized carbons (Fsp3) is 0.370. The highest BCUT2D eigenvalue weighted by Gasteiger charge is 2.42. The van der Waals surface area contributed by atoms with E-state index in [2.05, 4.69) is 21.7 Å². The first kappa shape index (κ1) is 25.0. The number of carbonyl (C=O) groups excluding carboxylic acids is 1. The van der Waals surface area contributed by atoms with Crippen LogP contribution in [0.25, 0.3) is 22.0 Å². The van der Waals surface area contributed by atoms with Crippen LogP contribution < -0.4 is 10.6 Å². The quantitative estimate of drug-likeness (QED) is 0.391. The summed E-state index contributed by atoms with van der Waals surface area (Å²) in [6.45, 7) is -0.517. The second kappa shape index (κ2) is 10.0. The van der Waals surface area contributed by atoms with Gasteiger partial charge in [0, 0.05) is 42.2 Å². The van der Waals surface area contributed by atoms with Crippen LogP contribution in [0.5, 0.6) is 0 Å². The number of aryl methyl sites for hydroxylation is 1. The Hall–Kier alpha value is -3.65. The van der Waals surface area contributed by atoms with Gasteiger partial charge in [0.2, 0.25) is 5.91 Å². The number of nitrogens with one attached hydrogen (secondary N) is 2. The number of likely N-dealkylation sites (tertiary alicyclic amines) is 1. The number of aromatic nitrogens is 1. The highest BCUT2D eigenvalue weighted by atomic mass is 19.3. The monoisotopic (exact) mass is 507 g/mol. The van der Waals surface area contributed by atoms with Crippen molar-refractivity contribution in [1.29, 1.82) is 5.26 Å². The van der Waals surface area contributed by atoms with Crippen LogP contribution in [0.3, 0.4) is 0 Å². The van der Waals surface area contributed by atoms with E-state index >= 15 is 0 Å². The van der Waals surface area contributed by atoms with E-state index in [4.69, 9.17) is 0 Å². The third kappa shape index (κ3) is 5.25. The number of nitrogens with zero attached hydrogens (tertiary/aromatic N) is 3. The van der Waals surface area contributed by atoms with Gasteiger partial charge < -0.3 is 20.4 Å². The SMILES string of the molecule is N#C[C@@H]1CC(F)(F)CCN1C(=O)CNC(O)c1ccnc2ccc(-c3ccc4c(c3)CCC(O)N4)cc12. The Morgan fingerprint density at radius 1 is 1.27 bits per heavy atom. The van der Waals surface area contributed by atoms with E-state index in [1.165, 1.54) is 0 Å². The largest absolute Gasteiger partial charge is 0.374 e. The predicted octanol–water partition coefficient (Wildman–Crippen LogP) is 3.31. The van der Waals surface area contributed by atoms with Crippen molar-refractivity contribution in [3.05, 3.63) is 59.8 Å². The predicted molar refractivity (Wildman–Crippen MR) is 133 cm³/mol. The van der Waals surface area contributed by atoms with Crippen LogP contribution in [-0.4, -0.2) is 57.3 Å². The molecule has 37 heavy (non-hydrogen) atoms. The number of halogens is 2. The third-order valence-electron chi connectivity index (χ3n) is 7.02. The van der Waals surface area contributed by atoms with Crippen LogP contribution in [0, 0.1) is 11.3 Å². The van der Waals surface area contributed by atoms with Gasteiger partial charge >= 0.3 is 0 Å². The number of benzene rings is 2. The van der Waals surface area contributed by atoms with Crippen LogP contribution in [0.15, 0.2) is 48.7 Å². The third-order valence-corrected chi connectivity index (χ3v) is 7.02. The molecule has 192 valence electrons. The fourth-order valence-electron chi connectivity index (χ4n) is 4.99. The Balaban J connectivity index is 1.34. The lowest BCUT2D eigenvalue weighted by Gasteiger charge is -2.35. The van der Waals surface area contributed by atoms with Crippen molar-refractivity contribution < 1.29 is 23.8 Å². The topological polar surface area (TPSA) is 122 Å². The van der Waals surface area contributed by atoms with Gasteiger partial charge in [0.25, 0.3) is 5.92 Å². The van der Waals surface area contributed by atoms with Crippen molar-refractivity contribution in [2.24, 2.45) is 0 Å². The zero-order valence-electron chi connectivity index (χ0n) is 20.0. The standard InChI is InChI=1S/C27H27F2N5O3/c28-27(29)8-10-34(19(13-27)14-30)25(36)15-32-26(37)20-7-9-31-23-5-2-17(12-21(20)23)16-1-4-22-18(11-16)3-6-24(35)33-22/h1-2,4-5,7,9,11-12,19,24,26,32-33,35,37H,3,6,8,10,13,15H2/t19-,24?,26?/m0/s1.